The Hall–Kier alpha value is -0.930. The zero-order chi connectivity index (χ0) is 14.8. The topological polar surface area (TPSA) is 21.3 Å². The van der Waals surface area contributed by atoms with Crippen LogP contribution in [-0.4, -0.2) is 6.04 Å². The molecule has 2 aromatic rings. The van der Waals surface area contributed by atoms with E-state index < -0.39 is 0 Å². The average molecular weight is 343 g/mol. The van der Waals surface area contributed by atoms with Crippen LogP contribution in [0.2, 0.25) is 15.1 Å². The Kier molecular flexibility index (Phi) is 4.60. The van der Waals surface area contributed by atoms with Crippen LogP contribution in [0.25, 0.3) is 0 Å². The van der Waals surface area contributed by atoms with Crippen molar-refractivity contribution in [3.05, 3.63) is 57.0 Å². The summed E-state index contributed by atoms with van der Waals surface area (Å²) in [7, 11) is 0. The summed E-state index contributed by atoms with van der Waals surface area (Å²) in [4.78, 5) is 0. The highest BCUT2D eigenvalue weighted by molar-refractivity contribution is 6.42. The van der Waals surface area contributed by atoms with Crippen molar-refractivity contribution in [3.8, 4) is 11.5 Å². The van der Waals surface area contributed by atoms with Crippen molar-refractivity contribution in [3.63, 3.8) is 0 Å². The summed E-state index contributed by atoms with van der Waals surface area (Å²) >= 11 is 18.0. The lowest BCUT2D eigenvalue weighted by Gasteiger charge is -2.13. The molecule has 0 aliphatic heterocycles. The van der Waals surface area contributed by atoms with Crippen molar-refractivity contribution in [1.82, 2.24) is 5.32 Å². The molecular weight excluding hydrogens is 329 g/mol. The summed E-state index contributed by atoms with van der Waals surface area (Å²) < 4.78 is 5.91. The van der Waals surface area contributed by atoms with Crippen molar-refractivity contribution in [1.29, 1.82) is 0 Å². The van der Waals surface area contributed by atoms with Crippen LogP contribution in [0.3, 0.4) is 0 Å². The molecule has 0 aromatic heterocycles. The summed E-state index contributed by atoms with van der Waals surface area (Å²) in [6.07, 6.45) is 2.48. The number of ether oxygens (including phenoxy) is 1. The molecule has 1 saturated carbocycles. The Morgan fingerprint density at radius 3 is 2.52 bits per heavy atom. The molecule has 2 nitrogen and oxygen atoms in total. The van der Waals surface area contributed by atoms with Crippen LogP contribution in [0.4, 0.5) is 0 Å². The first-order valence-corrected chi connectivity index (χ1v) is 7.90. The van der Waals surface area contributed by atoms with Crippen molar-refractivity contribution < 1.29 is 4.74 Å². The van der Waals surface area contributed by atoms with E-state index in [1.54, 1.807) is 18.2 Å². The number of hydrogen-bond donors (Lipinski definition) is 1. The van der Waals surface area contributed by atoms with Gasteiger partial charge in [-0.05, 0) is 43.2 Å². The van der Waals surface area contributed by atoms with Gasteiger partial charge in [0.05, 0.1) is 10.0 Å². The molecule has 0 spiro atoms. The van der Waals surface area contributed by atoms with Crippen molar-refractivity contribution in [2.45, 2.75) is 25.4 Å². The molecule has 1 aliphatic carbocycles. The Morgan fingerprint density at radius 2 is 1.81 bits per heavy atom. The zero-order valence-electron chi connectivity index (χ0n) is 11.2. The Labute approximate surface area is 139 Å². The molecule has 21 heavy (non-hydrogen) atoms. The highest BCUT2D eigenvalue weighted by Crippen LogP contribution is 2.32. The van der Waals surface area contributed by atoms with Gasteiger partial charge in [-0.1, -0.05) is 34.8 Å². The SMILES string of the molecule is Clc1ccc(Oc2ccc(Cl)c(Cl)c2)c(CNC2CC2)c1. The summed E-state index contributed by atoms with van der Waals surface area (Å²) in [6.45, 7) is 0.738. The maximum absolute atomic E-state index is 6.07. The highest BCUT2D eigenvalue weighted by atomic mass is 35.5. The van der Waals surface area contributed by atoms with Crippen molar-refractivity contribution in [2.75, 3.05) is 0 Å². The van der Waals surface area contributed by atoms with Gasteiger partial charge in [-0.25, -0.2) is 0 Å². The van der Waals surface area contributed by atoms with E-state index in [0.29, 0.717) is 26.9 Å². The van der Waals surface area contributed by atoms with Gasteiger partial charge in [0.2, 0.25) is 0 Å². The van der Waals surface area contributed by atoms with Gasteiger partial charge in [0, 0.05) is 29.2 Å². The molecule has 1 N–H and O–H groups in total. The minimum atomic E-state index is 0.473. The van der Waals surface area contributed by atoms with E-state index in [4.69, 9.17) is 39.5 Å². The maximum atomic E-state index is 6.07. The monoisotopic (exact) mass is 341 g/mol. The molecule has 0 radical (unpaired) electrons. The standard InChI is InChI=1S/C16H14Cl3NO/c17-11-1-6-16(10(7-11)9-20-12-2-3-12)21-13-4-5-14(18)15(19)8-13/h1,4-8,12,20H,2-3,9H2. The van der Waals surface area contributed by atoms with Gasteiger partial charge in [-0.3, -0.25) is 0 Å². The largest absolute Gasteiger partial charge is 0.457 e. The fraction of sp³-hybridized carbons (Fsp3) is 0.250. The third-order valence-electron chi connectivity index (χ3n) is 3.30. The minimum Gasteiger partial charge on any atom is -0.457 e. The molecule has 0 atom stereocenters. The molecule has 0 saturated heterocycles. The molecule has 1 aliphatic rings. The van der Waals surface area contributed by atoms with Crippen LogP contribution in [0.15, 0.2) is 36.4 Å². The Morgan fingerprint density at radius 1 is 1.00 bits per heavy atom. The maximum Gasteiger partial charge on any atom is 0.132 e. The summed E-state index contributed by atoms with van der Waals surface area (Å²) in [5.41, 5.74) is 1.03. The van der Waals surface area contributed by atoms with E-state index in [9.17, 15) is 0 Å². The van der Waals surface area contributed by atoms with Crippen LogP contribution in [0.1, 0.15) is 18.4 Å². The van der Waals surface area contributed by atoms with Crippen molar-refractivity contribution in [2.24, 2.45) is 0 Å². The molecule has 0 bridgehead atoms. The van der Waals surface area contributed by atoms with Gasteiger partial charge >= 0.3 is 0 Å². The molecule has 0 unspecified atom stereocenters. The van der Waals surface area contributed by atoms with Gasteiger partial charge < -0.3 is 10.1 Å². The van der Waals surface area contributed by atoms with E-state index in [1.165, 1.54) is 12.8 Å². The molecule has 0 amide bonds. The highest BCUT2D eigenvalue weighted by Gasteiger charge is 2.20. The van der Waals surface area contributed by atoms with E-state index >= 15 is 0 Å². The zero-order valence-corrected chi connectivity index (χ0v) is 13.5. The van der Waals surface area contributed by atoms with Crippen LogP contribution in [0.5, 0.6) is 11.5 Å². The van der Waals surface area contributed by atoms with E-state index in [0.717, 1.165) is 17.9 Å². The normalized spacial score (nSPS) is 14.2. The number of hydrogen-bond acceptors (Lipinski definition) is 2. The first kappa shape index (κ1) is 15.0. The van der Waals surface area contributed by atoms with Crippen LogP contribution in [-0.2, 0) is 6.54 Å². The lowest BCUT2D eigenvalue weighted by atomic mass is 10.2. The lowest BCUT2D eigenvalue weighted by Crippen LogP contribution is -2.15. The third kappa shape index (κ3) is 4.04. The van der Waals surface area contributed by atoms with Gasteiger partial charge in [0.25, 0.3) is 0 Å². The first-order chi connectivity index (χ1) is 10.1. The van der Waals surface area contributed by atoms with Gasteiger partial charge in [0.15, 0.2) is 0 Å². The predicted molar refractivity (Wildman–Crippen MR) is 87.8 cm³/mol. The van der Waals surface area contributed by atoms with Crippen LogP contribution < -0.4 is 10.1 Å². The number of rotatable bonds is 5. The molecule has 5 heteroatoms. The summed E-state index contributed by atoms with van der Waals surface area (Å²) in [5.74, 6) is 1.42. The first-order valence-electron chi connectivity index (χ1n) is 6.76. The van der Waals surface area contributed by atoms with Gasteiger partial charge in [0.1, 0.15) is 11.5 Å². The van der Waals surface area contributed by atoms with Crippen LogP contribution in [0, 0.1) is 0 Å². The second kappa shape index (κ2) is 6.45. The Bertz CT molecular complexity index is 656. The van der Waals surface area contributed by atoms with Gasteiger partial charge in [-0.15, -0.1) is 0 Å². The van der Waals surface area contributed by atoms with E-state index in [-0.39, 0.29) is 0 Å². The summed E-state index contributed by atoms with van der Waals surface area (Å²) in [6, 6.07) is 11.4. The van der Waals surface area contributed by atoms with Gasteiger partial charge in [-0.2, -0.15) is 0 Å². The van der Waals surface area contributed by atoms with Crippen molar-refractivity contribution >= 4 is 34.8 Å². The van der Waals surface area contributed by atoms with E-state index in [1.807, 2.05) is 18.2 Å². The number of benzene rings is 2. The lowest BCUT2D eigenvalue weighted by molar-refractivity contribution is 0.472. The second-order valence-electron chi connectivity index (χ2n) is 5.09. The molecule has 0 heterocycles. The second-order valence-corrected chi connectivity index (χ2v) is 6.34. The third-order valence-corrected chi connectivity index (χ3v) is 4.27. The molecule has 1 fully saturated rings. The van der Waals surface area contributed by atoms with Crippen LogP contribution >= 0.6 is 34.8 Å². The predicted octanol–water partition coefficient (Wildman–Crippen LogP) is 5.69. The molecule has 110 valence electrons. The minimum absolute atomic E-state index is 0.473. The Balaban J connectivity index is 1.80. The molecule has 2 aromatic carbocycles. The van der Waals surface area contributed by atoms with E-state index in [2.05, 4.69) is 5.32 Å². The fourth-order valence-electron chi connectivity index (χ4n) is 1.99. The average Bonchev–Trinajstić information content (AvgIpc) is 3.27. The molecular formula is C16H14Cl3NO. The quantitative estimate of drug-likeness (QED) is 0.753. The molecule has 3 rings (SSSR count). The summed E-state index contributed by atoms with van der Waals surface area (Å²) in [5, 5.41) is 5.14. The number of nitrogens with one attached hydrogen (secondary N) is 1. The number of halogens is 3. The smallest absolute Gasteiger partial charge is 0.132 e. The fourth-order valence-corrected chi connectivity index (χ4v) is 2.48.